The Morgan fingerprint density at radius 1 is 1.53 bits per heavy atom. The Morgan fingerprint density at radius 3 is 3.07 bits per heavy atom. The fraction of sp³-hybridized carbons (Fsp3) is 0.200. The van der Waals surface area contributed by atoms with Gasteiger partial charge in [-0.3, -0.25) is 4.98 Å². The summed E-state index contributed by atoms with van der Waals surface area (Å²) in [5.41, 5.74) is 7.36. The van der Waals surface area contributed by atoms with Crippen molar-refractivity contribution in [2.45, 2.75) is 6.04 Å². The first kappa shape index (κ1) is 10.2. The Morgan fingerprint density at radius 2 is 2.40 bits per heavy atom. The lowest BCUT2D eigenvalue weighted by Crippen LogP contribution is -2.14. The standard InChI is InChI=1S/C10H11N3OS/c11-8(5-14)9-6-15-10(13-9)7-2-1-3-12-4-7/h1-4,6,8,14H,5,11H2. The summed E-state index contributed by atoms with van der Waals surface area (Å²) in [5.74, 6) is 0. The molecule has 0 aromatic carbocycles. The molecule has 1 unspecified atom stereocenters. The first-order valence-corrected chi connectivity index (χ1v) is 5.41. The SMILES string of the molecule is NC(CO)c1csc(-c2cccnc2)n1. The highest BCUT2D eigenvalue weighted by Gasteiger charge is 2.10. The smallest absolute Gasteiger partial charge is 0.125 e. The molecule has 0 saturated carbocycles. The highest BCUT2D eigenvalue weighted by atomic mass is 32.1. The third-order valence-corrected chi connectivity index (χ3v) is 2.92. The number of aromatic nitrogens is 2. The van der Waals surface area contributed by atoms with Crippen LogP contribution >= 0.6 is 11.3 Å². The van der Waals surface area contributed by atoms with Crippen molar-refractivity contribution in [1.82, 2.24) is 9.97 Å². The number of pyridine rings is 1. The molecule has 2 heterocycles. The number of nitrogens with two attached hydrogens (primary N) is 1. The van der Waals surface area contributed by atoms with Crippen LogP contribution in [0.15, 0.2) is 29.9 Å². The largest absolute Gasteiger partial charge is 0.394 e. The van der Waals surface area contributed by atoms with Gasteiger partial charge in [-0.1, -0.05) is 0 Å². The molecule has 0 aliphatic heterocycles. The average molecular weight is 221 g/mol. The molecule has 2 rings (SSSR count). The van der Waals surface area contributed by atoms with Crippen LogP contribution in [-0.2, 0) is 0 Å². The van der Waals surface area contributed by atoms with E-state index in [2.05, 4.69) is 9.97 Å². The minimum absolute atomic E-state index is 0.0871. The molecule has 5 heteroatoms. The Hall–Kier alpha value is -1.30. The fourth-order valence-corrected chi connectivity index (χ4v) is 2.05. The van der Waals surface area contributed by atoms with E-state index >= 15 is 0 Å². The first-order valence-electron chi connectivity index (χ1n) is 4.53. The minimum Gasteiger partial charge on any atom is -0.394 e. The molecule has 0 aliphatic carbocycles. The number of hydrogen-bond acceptors (Lipinski definition) is 5. The lowest BCUT2D eigenvalue weighted by molar-refractivity contribution is 0.266. The summed E-state index contributed by atoms with van der Waals surface area (Å²) in [6, 6.07) is 3.41. The number of aliphatic hydroxyl groups excluding tert-OH is 1. The Kier molecular flexibility index (Phi) is 3.05. The van der Waals surface area contributed by atoms with Gasteiger partial charge in [-0.2, -0.15) is 0 Å². The molecular weight excluding hydrogens is 210 g/mol. The van der Waals surface area contributed by atoms with E-state index in [1.807, 2.05) is 17.5 Å². The molecule has 4 nitrogen and oxygen atoms in total. The van der Waals surface area contributed by atoms with Gasteiger partial charge in [0, 0.05) is 23.3 Å². The first-order chi connectivity index (χ1) is 7.31. The molecule has 78 valence electrons. The lowest BCUT2D eigenvalue weighted by atomic mass is 10.2. The highest BCUT2D eigenvalue weighted by Crippen LogP contribution is 2.24. The molecular formula is C10H11N3OS. The molecule has 0 bridgehead atoms. The van der Waals surface area contributed by atoms with Crippen LogP contribution in [0.3, 0.4) is 0 Å². The van der Waals surface area contributed by atoms with E-state index in [1.165, 1.54) is 11.3 Å². The maximum atomic E-state index is 8.90. The van der Waals surface area contributed by atoms with Crippen molar-refractivity contribution < 1.29 is 5.11 Å². The summed E-state index contributed by atoms with van der Waals surface area (Å²) >= 11 is 1.50. The second kappa shape index (κ2) is 4.48. The van der Waals surface area contributed by atoms with Crippen LogP contribution in [0.4, 0.5) is 0 Å². The van der Waals surface area contributed by atoms with Crippen molar-refractivity contribution in [2.24, 2.45) is 5.73 Å². The maximum Gasteiger partial charge on any atom is 0.125 e. The van der Waals surface area contributed by atoms with Crippen molar-refractivity contribution in [2.75, 3.05) is 6.61 Å². The van der Waals surface area contributed by atoms with E-state index in [4.69, 9.17) is 10.8 Å². The number of nitrogens with zero attached hydrogens (tertiary/aromatic N) is 2. The second-order valence-electron chi connectivity index (χ2n) is 3.11. The van der Waals surface area contributed by atoms with Crippen LogP contribution in [-0.4, -0.2) is 21.7 Å². The van der Waals surface area contributed by atoms with E-state index in [9.17, 15) is 0 Å². The average Bonchev–Trinajstić information content (AvgIpc) is 2.78. The van der Waals surface area contributed by atoms with Gasteiger partial charge < -0.3 is 10.8 Å². The minimum atomic E-state index is -0.397. The molecule has 2 aromatic rings. The van der Waals surface area contributed by atoms with Crippen molar-refractivity contribution >= 4 is 11.3 Å². The molecule has 1 atom stereocenters. The van der Waals surface area contributed by atoms with E-state index in [0.29, 0.717) is 0 Å². The van der Waals surface area contributed by atoms with Crippen molar-refractivity contribution in [3.8, 4) is 10.6 Å². The van der Waals surface area contributed by atoms with Crippen LogP contribution < -0.4 is 5.73 Å². The lowest BCUT2D eigenvalue weighted by Gasteiger charge is -2.02. The van der Waals surface area contributed by atoms with E-state index < -0.39 is 6.04 Å². The zero-order valence-corrected chi connectivity index (χ0v) is 8.81. The van der Waals surface area contributed by atoms with Gasteiger partial charge in [0.15, 0.2) is 0 Å². The van der Waals surface area contributed by atoms with Crippen molar-refractivity contribution in [3.63, 3.8) is 0 Å². The van der Waals surface area contributed by atoms with E-state index in [1.54, 1.807) is 12.4 Å². The molecule has 0 amide bonds. The van der Waals surface area contributed by atoms with Gasteiger partial charge in [0.1, 0.15) is 5.01 Å². The van der Waals surface area contributed by atoms with Crippen molar-refractivity contribution in [3.05, 3.63) is 35.6 Å². The van der Waals surface area contributed by atoms with Gasteiger partial charge in [-0.25, -0.2) is 4.98 Å². The number of aliphatic hydroxyl groups is 1. The van der Waals surface area contributed by atoms with Gasteiger partial charge in [-0.15, -0.1) is 11.3 Å². The summed E-state index contributed by atoms with van der Waals surface area (Å²) < 4.78 is 0. The summed E-state index contributed by atoms with van der Waals surface area (Å²) in [6.07, 6.45) is 3.48. The van der Waals surface area contributed by atoms with Gasteiger partial charge in [-0.05, 0) is 12.1 Å². The number of hydrogen-bond donors (Lipinski definition) is 2. The Balaban J connectivity index is 2.28. The molecule has 0 saturated heterocycles. The second-order valence-corrected chi connectivity index (χ2v) is 3.97. The quantitative estimate of drug-likeness (QED) is 0.816. The summed E-state index contributed by atoms with van der Waals surface area (Å²) in [6.45, 7) is -0.0871. The third-order valence-electron chi connectivity index (χ3n) is 2.01. The van der Waals surface area contributed by atoms with Gasteiger partial charge in [0.05, 0.1) is 18.3 Å². The van der Waals surface area contributed by atoms with E-state index in [0.717, 1.165) is 16.3 Å². The monoisotopic (exact) mass is 221 g/mol. The summed E-state index contributed by atoms with van der Waals surface area (Å²) in [5, 5.41) is 11.6. The van der Waals surface area contributed by atoms with Crippen molar-refractivity contribution in [1.29, 1.82) is 0 Å². The zero-order valence-electron chi connectivity index (χ0n) is 8.00. The zero-order chi connectivity index (χ0) is 10.7. The Bertz CT molecular complexity index is 429. The molecule has 2 aromatic heterocycles. The highest BCUT2D eigenvalue weighted by molar-refractivity contribution is 7.13. The topological polar surface area (TPSA) is 72.0 Å². The normalized spacial score (nSPS) is 12.7. The molecule has 15 heavy (non-hydrogen) atoms. The van der Waals surface area contributed by atoms with E-state index in [-0.39, 0.29) is 6.61 Å². The molecule has 3 N–H and O–H groups in total. The van der Waals surface area contributed by atoms with Crippen LogP contribution in [0, 0.1) is 0 Å². The van der Waals surface area contributed by atoms with Gasteiger partial charge >= 0.3 is 0 Å². The van der Waals surface area contributed by atoms with Gasteiger partial charge in [0.25, 0.3) is 0 Å². The maximum absolute atomic E-state index is 8.90. The molecule has 0 spiro atoms. The van der Waals surface area contributed by atoms with Gasteiger partial charge in [0.2, 0.25) is 0 Å². The number of rotatable bonds is 3. The summed E-state index contributed by atoms with van der Waals surface area (Å²) in [4.78, 5) is 8.37. The predicted octanol–water partition coefficient (Wildman–Crippen LogP) is 1.20. The van der Waals surface area contributed by atoms with Crippen LogP contribution in [0.25, 0.3) is 10.6 Å². The van der Waals surface area contributed by atoms with Crippen LogP contribution in [0.1, 0.15) is 11.7 Å². The van der Waals surface area contributed by atoms with Crippen LogP contribution in [0.5, 0.6) is 0 Å². The fourth-order valence-electron chi connectivity index (χ4n) is 1.17. The summed E-state index contributed by atoms with van der Waals surface area (Å²) in [7, 11) is 0. The molecule has 0 radical (unpaired) electrons. The Labute approximate surface area is 91.4 Å². The number of thiazole rings is 1. The van der Waals surface area contributed by atoms with Crippen LogP contribution in [0.2, 0.25) is 0 Å². The predicted molar refractivity (Wildman–Crippen MR) is 59.4 cm³/mol. The third kappa shape index (κ3) is 2.20. The molecule has 0 aliphatic rings. The molecule has 0 fully saturated rings.